The third kappa shape index (κ3) is 2.05. The van der Waals surface area contributed by atoms with Crippen LogP contribution in [0.25, 0.3) is 0 Å². The molecule has 78 valence electrons. The number of nitrogens with two attached hydrogens (primary N) is 1. The lowest BCUT2D eigenvalue weighted by atomic mass is 10.1. The molecule has 0 aromatic rings. The monoisotopic (exact) mass is 212 g/mol. The first-order valence-electron chi connectivity index (χ1n) is 5.19. The van der Waals surface area contributed by atoms with Crippen LogP contribution in [0.2, 0.25) is 0 Å². The predicted molar refractivity (Wildman–Crippen MR) is 58.7 cm³/mol. The summed E-state index contributed by atoms with van der Waals surface area (Å²) in [6.07, 6.45) is 3.30. The lowest BCUT2D eigenvalue weighted by Crippen LogP contribution is -2.45. The molecule has 2 rings (SSSR count). The van der Waals surface area contributed by atoms with Crippen molar-refractivity contribution in [2.75, 3.05) is 0 Å². The first kappa shape index (κ1) is 9.90. The summed E-state index contributed by atoms with van der Waals surface area (Å²) in [4.78, 5) is 12.1. The zero-order valence-corrected chi connectivity index (χ0v) is 9.14. The van der Waals surface area contributed by atoms with Gasteiger partial charge in [-0.15, -0.1) is 0 Å². The molecule has 0 spiro atoms. The normalized spacial score (nSPS) is 32.1. The van der Waals surface area contributed by atoms with Crippen molar-refractivity contribution < 1.29 is 4.79 Å². The number of carbonyl (C=O) groups is 1. The summed E-state index contributed by atoms with van der Waals surface area (Å²) in [5.41, 5.74) is 5.60. The van der Waals surface area contributed by atoms with Gasteiger partial charge in [0, 0.05) is 5.92 Å². The fraction of sp³-hybridized carbons (Fsp3) is 0.800. The van der Waals surface area contributed by atoms with Crippen LogP contribution in [0, 0.1) is 17.8 Å². The quantitative estimate of drug-likeness (QED) is 0.678. The summed E-state index contributed by atoms with van der Waals surface area (Å²) >= 11 is 4.95. The molecule has 2 aliphatic rings. The van der Waals surface area contributed by atoms with E-state index in [1.807, 2.05) is 0 Å². The third-order valence-corrected chi connectivity index (χ3v) is 3.40. The SMILES string of the molecule is CC1CC1C(=O)NC(C(N)=S)C1CC1. The molecule has 0 aromatic carbocycles. The van der Waals surface area contributed by atoms with Crippen LogP contribution in [0.5, 0.6) is 0 Å². The molecule has 2 aliphatic carbocycles. The Morgan fingerprint density at radius 1 is 1.57 bits per heavy atom. The molecule has 4 heteroatoms. The van der Waals surface area contributed by atoms with Crippen LogP contribution in [-0.2, 0) is 4.79 Å². The van der Waals surface area contributed by atoms with Crippen molar-refractivity contribution in [3.63, 3.8) is 0 Å². The molecule has 0 saturated heterocycles. The van der Waals surface area contributed by atoms with Gasteiger partial charge in [-0.25, -0.2) is 0 Å². The van der Waals surface area contributed by atoms with E-state index in [4.69, 9.17) is 18.0 Å². The molecule has 0 radical (unpaired) electrons. The molecule has 14 heavy (non-hydrogen) atoms. The highest BCUT2D eigenvalue weighted by Crippen LogP contribution is 2.39. The van der Waals surface area contributed by atoms with E-state index in [1.165, 1.54) is 0 Å². The molecule has 0 aliphatic heterocycles. The van der Waals surface area contributed by atoms with E-state index in [-0.39, 0.29) is 17.9 Å². The number of hydrogen-bond acceptors (Lipinski definition) is 2. The molecule has 3 N–H and O–H groups in total. The Morgan fingerprint density at radius 3 is 2.50 bits per heavy atom. The van der Waals surface area contributed by atoms with Gasteiger partial charge < -0.3 is 11.1 Å². The number of hydrogen-bond donors (Lipinski definition) is 2. The van der Waals surface area contributed by atoms with Crippen molar-refractivity contribution in [1.29, 1.82) is 0 Å². The fourth-order valence-electron chi connectivity index (χ4n) is 1.80. The van der Waals surface area contributed by atoms with Crippen LogP contribution in [0.4, 0.5) is 0 Å². The topological polar surface area (TPSA) is 55.1 Å². The van der Waals surface area contributed by atoms with E-state index in [9.17, 15) is 4.79 Å². The van der Waals surface area contributed by atoms with Crippen LogP contribution in [0.3, 0.4) is 0 Å². The molecule has 3 nitrogen and oxygen atoms in total. The van der Waals surface area contributed by atoms with Crippen molar-refractivity contribution in [1.82, 2.24) is 5.32 Å². The highest BCUT2D eigenvalue weighted by Gasteiger charge is 2.42. The maximum atomic E-state index is 11.6. The number of nitrogens with one attached hydrogen (secondary N) is 1. The summed E-state index contributed by atoms with van der Waals surface area (Å²) in [6, 6.07) is -0.0506. The van der Waals surface area contributed by atoms with Gasteiger partial charge in [0.2, 0.25) is 5.91 Å². The molecule has 3 atom stereocenters. The summed E-state index contributed by atoms with van der Waals surface area (Å²) in [5, 5.41) is 2.97. The number of rotatable bonds is 4. The largest absolute Gasteiger partial charge is 0.392 e. The Balaban J connectivity index is 1.87. The van der Waals surface area contributed by atoms with Gasteiger partial charge in [-0.05, 0) is 31.1 Å². The minimum Gasteiger partial charge on any atom is -0.392 e. The van der Waals surface area contributed by atoms with E-state index in [2.05, 4.69) is 12.2 Å². The summed E-state index contributed by atoms with van der Waals surface area (Å²) in [6.45, 7) is 2.09. The Labute approximate surface area is 89.4 Å². The van der Waals surface area contributed by atoms with Gasteiger partial charge in [-0.3, -0.25) is 4.79 Å². The first-order chi connectivity index (χ1) is 6.59. The minimum absolute atomic E-state index is 0.0506. The van der Waals surface area contributed by atoms with E-state index < -0.39 is 0 Å². The standard InChI is InChI=1S/C10H16N2OS/c1-5-4-7(5)10(13)12-8(9(11)14)6-2-3-6/h5-8H,2-4H2,1H3,(H2,11,14)(H,12,13). The van der Waals surface area contributed by atoms with Crippen molar-refractivity contribution >= 4 is 23.1 Å². The number of carbonyl (C=O) groups excluding carboxylic acids is 1. The molecular weight excluding hydrogens is 196 g/mol. The fourth-order valence-corrected chi connectivity index (χ4v) is 2.05. The number of amides is 1. The zero-order chi connectivity index (χ0) is 10.3. The Kier molecular flexibility index (Phi) is 2.47. The van der Waals surface area contributed by atoms with Gasteiger partial charge in [-0.1, -0.05) is 19.1 Å². The molecular formula is C10H16N2OS. The molecule has 2 saturated carbocycles. The van der Waals surface area contributed by atoms with E-state index >= 15 is 0 Å². The molecule has 0 bridgehead atoms. The molecule has 0 aromatic heterocycles. The molecule has 1 amide bonds. The second kappa shape index (κ2) is 3.50. The highest BCUT2D eigenvalue weighted by molar-refractivity contribution is 7.80. The lowest BCUT2D eigenvalue weighted by molar-refractivity contribution is -0.123. The average molecular weight is 212 g/mol. The minimum atomic E-state index is -0.0506. The lowest BCUT2D eigenvalue weighted by Gasteiger charge is -2.16. The summed E-state index contributed by atoms with van der Waals surface area (Å²) in [5.74, 6) is 1.40. The maximum Gasteiger partial charge on any atom is 0.223 e. The Bertz CT molecular complexity index is 275. The Hall–Kier alpha value is -0.640. The van der Waals surface area contributed by atoms with Gasteiger partial charge in [-0.2, -0.15) is 0 Å². The number of thiocarbonyl (C=S) groups is 1. The van der Waals surface area contributed by atoms with Gasteiger partial charge in [0.15, 0.2) is 0 Å². The highest BCUT2D eigenvalue weighted by atomic mass is 32.1. The third-order valence-electron chi connectivity index (χ3n) is 3.14. The molecule has 3 unspecified atom stereocenters. The van der Waals surface area contributed by atoms with E-state index in [0.717, 1.165) is 19.3 Å². The van der Waals surface area contributed by atoms with Crippen molar-refractivity contribution in [3.05, 3.63) is 0 Å². The second-order valence-electron chi connectivity index (χ2n) is 4.55. The zero-order valence-electron chi connectivity index (χ0n) is 8.32. The van der Waals surface area contributed by atoms with Gasteiger partial charge >= 0.3 is 0 Å². The van der Waals surface area contributed by atoms with Crippen LogP contribution in [0.15, 0.2) is 0 Å². The van der Waals surface area contributed by atoms with Crippen LogP contribution in [-0.4, -0.2) is 16.9 Å². The Morgan fingerprint density at radius 2 is 2.14 bits per heavy atom. The summed E-state index contributed by atoms with van der Waals surface area (Å²) in [7, 11) is 0. The van der Waals surface area contributed by atoms with Gasteiger partial charge in [0.05, 0.1) is 11.0 Å². The van der Waals surface area contributed by atoms with Crippen molar-refractivity contribution in [2.45, 2.75) is 32.2 Å². The van der Waals surface area contributed by atoms with Crippen LogP contribution < -0.4 is 11.1 Å². The average Bonchev–Trinajstić information content (AvgIpc) is 2.93. The van der Waals surface area contributed by atoms with Crippen LogP contribution >= 0.6 is 12.2 Å². The predicted octanol–water partition coefficient (Wildman–Crippen LogP) is 0.823. The van der Waals surface area contributed by atoms with Crippen LogP contribution in [0.1, 0.15) is 26.2 Å². The van der Waals surface area contributed by atoms with Gasteiger partial charge in [0.25, 0.3) is 0 Å². The van der Waals surface area contributed by atoms with Crippen molar-refractivity contribution in [3.8, 4) is 0 Å². The molecule has 0 heterocycles. The van der Waals surface area contributed by atoms with E-state index in [0.29, 0.717) is 16.8 Å². The summed E-state index contributed by atoms with van der Waals surface area (Å²) < 4.78 is 0. The van der Waals surface area contributed by atoms with Gasteiger partial charge in [0.1, 0.15) is 0 Å². The smallest absolute Gasteiger partial charge is 0.223 e. The second-order valence-corrected chi connectivity index (χ2v) is 5.02. The van der Waals surface area contributed by atoms with Crippen molar-refractivity contribution in [2.24, 2.45) is 23.5 Å². The first-order valence-corrected chi connectivity index (χ1v) is 5.60. The van der Waals surface area contributed by atoms with E-state index in [1.54, 1.807) is 0 Å². The molecule has 2 fully saturated rings. The maximum absolute atomic E-state index is 11.6.